The van der Waals surface area contributed by atoms with Gasteiger partial charge in [-0.05, 0) is 84.0 Å². The Hall–Kier alpha value is -3.74. The predicted molar refractivity (Wildman–Crippen MR) is 170 cm³/mol. The lowest BCUT2D eigenvalue weighted by Gasteiger charge is -2.40. The van der Waals surface area contributed by atoms with Crippen LogP contribution in [0.4, 0.5) is 5.69 Å². The highest BCUT2D eigenvalue weighted by molar-refractivity contribution is 7.99. The summed E-state index contributed by atoms with van der Waals surface area (Å²) in [6.07, 6.45) is 3.64. The molecule has 5 nitrogen and oxygen atoms in total. The molecule has 4 aromatic rings. The third-order valence-corrected chi connectivity index (χ3v) is 11.0. The van der Waals surface area contributed by atoms with Crippen LogP contribution in [0.2, 0.25) is 5.02 Å². The molecular weight excluding hydrogens is 562 g/mol. The van der Waals surface area contributed by atoms with Gasteiger partial charge in [0.1, 0.15) is 12.1 Å². The van der Waals surface area contributed by atoms with E-state index in [2.05, 4.69) is 63.9 Å². The zero-order valence-electron chi connectivity index (χ0n) is 23.1. The summed E-state index contributed by atoms with van der Waals surface area (Å²) < 4.78 is 2.63. The fraction of sp³-hybridized carbons (Fsp3) is 0.257. The minimum absolute atomic E-state index is 0.130. The van der Waals surface area contributed by atoms with Gasteiger partial charge in [0.2, 0.25) is 5.91 Å². The molecule has 1 spiro atoms. The standard InChI is InChI=1S/C35H32ClN3O2S/c36-27-16-17-29-28(22-27)35(25-12-6-2-7-13-25,26-14-8-3-9-15-26)31(37-29)32(40)38-30-33(41)39-42-34(30)20-18-24(19-21-34)23-10-4-1-5-11-23/h1-17,22,24,30-31,37H,18-21H2,(H,38,40)(H,39,41). The molecule has 1 saturated carbocycles. The molecule has 2 atom stereocenters. The van der Waals surface area contributed by atoms with E-state index in [-0.39, 0.29) is 16.6 Å². The normalized spacial score (nSPS) is 25.8. The van der Waals surface area contributed by atoms with Crippen LogP contribution in [-0.4, -0.2) is 28.6 Å². The Morgan fingerprint density at radius 3 is 2.05 bits per heavy atom. The first-order valence-electron chi connectivity index (χ1n) is 14.5. The molecular formula is C35H32ClN3O2S. The Morgan fingerprint density at radius 2 is 1.43 bits per heavy atom. The van der Waals surface area contributed by atoms with Crippen LogP contribution in [0.15, 0.2) is 109 Å². The number of hydrogen-bond donors (Lipinski definition) is 3. The largest absolute Gasteiger partial charge is 0.372 e. The molecule has 7 rings (SSSR count). The van der Waals surface area contributed by atoms with Crippen LogP contribution in [-0.2, 0) is 15.0 Å². The number of fused-ring (bicyclic) bond motifs is 1. The van der Waals surface area contributed by atoms with Crippen molar-refractivity contribution in [3.05, 3.63) is 136 Å². The number of rotatable bonds is 5. The third kappa shape index (κ3) is 4.40. The van der Waals surface area contributed by atoms with Gasteiger partial charge in [0.25, 0.3) is 5.91 Å². The first-order valence-corrected chi connectivity index (χ1v) is 15.7. The Labute approximate surface area is 255 Å². The van der Waals surface area contributed by atoms with Crippen molar-refractivity contribution < 1.29 is 9.59 Å². The second-order valence-corrected chi connectivity index (χ2v) is 13.2. The van der Waals surface area contributed by atoms with Crippen LogP contribution >= 0.6 is 23.5 Å². The van der Waals surface area contributed by atoms with Crippen molar-refractivity contribution >= 4 is 41.1 Å². The number of carbonyl (C=O) groups excluding carboxylic acids is 2. The van der Waals surface area contributed by atoms with Gasteiger partial charge in [-0.3, -0.25) is 14.3 Å². The molecule has 3 aliphatic rings. The molecule has 42 heavy (non-hydrogen) atoms. The number of carbonyl (C=O) groups is 2. The smallest absolute Gasteiger partial charge is 0.253 e. The van der Waals surface area contributed by atoms with Crippen LogP contribution in [0.5, 0.6) is 0 Å². The Balaban J connectivity index is 1.25. The van der Waals surface area contributed by atoms with E-state index in [9.17, 15) is 9.59 Å². The lowest BCUT2D eigenvalue weighted by atomic mass is 9.66. The fourth-order valence-electron chi connectivity index (χ4n) is 7.35. The summed E-state index contributed by atoms with van der Waals surface area (Å²) in [6.45, 7) is 0. The minimum atomic E-state index is -0.854. The third-order valence-electron chi connectivity index (χ3n) is 9.39. The summed E-state index contributed by atoms with van der Waals surface area (Å²) >= 11 is 8.07. The van der Waals surface area contributed by atoms with Gasteiger partial charge in [0, 0.05) is 10.7 Å². The van der Waals surface area contributed by atoms with Gasteiger partial charge in [-0.1, -0.05) is 103 Å². The van der Waals surface area contributed by atoms with Gasteiger partial charge < -0.3 is 10.6 Å². The molecule has 0 bridgehead atoms. The molecule has 1 aliphatic carbocycles. The van der Waals surface area contributed by atoms with Crippen LogP contribution in [0, 0.1) is 0 Å². The summed E-state index contributed by atoms with van der Waals surface area (Å²) in [5.41, 5.74) is 4.25. The van der Waals surface area contributed by atoms with Crippen molar-refractivity contribution in [3.63, 3.8) is 0 Å². The number of benzene rings is 4. The summed E-state index contributed by atoms with van der Waals surface area (Å²) in [5, 5.41) is 7.42. The van der Waals surface area contributed by atoms with E-state index in [0.717, 1.165) is 48.1 Å². The lowest BCUT2D eigenvalue weighted by molar-refractivity contribution is -0.129. The second-order valence-electron chi connectivity index (χ2n) is 11.6. The highest BCUT2D eigenvalue weighted by atomic mass is 35.5. The monoisotopic (exact) mass is 593 g/mol. The number of hydrogen-bond acceptors (Lipinski definition) is 4. The second kappa shape index (κ2) is 10.8. The molecule has 2 heterocycles. The fourth-order valence-corrected chi connectivity index (χ4v) is 8.67. The molecule has 7 heteroatoms. The number of amides is 2. The van der Waals surface area contributed by atoms with Crippen molar-refractivity contribution in [2.75, 3.05) is 5.32 Å². The molecule has 0 radical (unpaired) electrons. The number of halogens is 1. The molecule has 2 unspecified atom stereocenters. The molecule has 2 aliphatic heterocycles. The molecule has 212 valence electrons. The summed E-state index contributed by atoms with van der Waals surface area (Å²) in [5.74, 6) is 0.126. The highest BCUT2D eigenvalue weighted by Gasteiger charge is 2.56. The lowest BCUT2D eigenvalue weighted by Crippen LogP contribution is -2.59. The van der Waals surface area contributed by atoms with Gasteiger partial charge in [0.15, 0.2) is 0 Å². The average Bonchev–Trinajstić information content (AvgIpc) is 3.53. The number of nitrogens with one attached hydrogen (secondary N) is 3. The quantitative estimate of drug-likeness (QED) is 0.222. The van der Waals surface area contributed by atoms with Crippen LogP contribution in [0.1, 0.15) is 53.9 Å². The van der Waals surface area contributed by atoms with E-state index >= 15 is 0 Å². The Morgan fingerprint density at radius 1 is 0.833 bits per heavy atom. The van der Waals surface area contributed by atoms with Crippen LogP contribution in [0.3, 0.4) is 0 Å². The van der Waals surface area contributed by atoms with Gasteiger partial charge >= 0.3 is 0 Å². The van der Waals surface area contributed by atoms with Crippen molar-refractivity contribution in [3.8, 4) is 0 Å². The highest BCUT2D eigenvalue weighted by Crippen LogP contribution is 2.52. The zero-order valence-corrected chi connectivity index (χ0v) is 24.6. The maximum absolute atomic E-state index is 14.6. The van der Waals surface area contributed by atoms with E-state index in [1.54, 1.807) is 0 Å². The molecule has 4 aromatic carbocycles. The predicted octanol–water partition coefficient (Wildman–Crippen LogP) is 6.83. The van der Waals surface area contributed by atoms with E-state index < -0.39 is 17.5 Å². The van der Waals surface area contributed by atoms with Crippen LogP contribution in [0.25, 0.3) is 0 Å². The van der Waals surface area contributed by atoms with E-state index in [4.69, 9.17) is 11.6 Å². The van der Waals surface area contributed by atoms with E-state index in [1.165, 1.54) is 17.5 Å². The Kier molecular flexibility index (Phi) is 6.99. The Bertz CT molecular complexity index is 1570. The number of anilines is 1. The van der Waals surface area contributed by atoms with Crippen molar-refractivity contribution in [2.45, 2.75) is 53.8 Å². The summed E-state index contributed by atoms with van der Waals surface area (Å²) in [4.78, 5) is 27.9. The van der Waals surface area contributed by atoms with E-state index in [0.29, 0.717) is 10.9 Å². The maximum Gasteiger partial charge on any atom is 0.253 e. The van der Waals surface area contributed by atoms with Gasteiger partial charge in [-0.25, -0.2) is 0 Å². The molecule has 2 fully saturated rings. The van der Waals surface area contributed by atoms with Crippen molar-refractivity contribution in [2.24, 2.45) is 0 Å². The topological polar surface area (TPSA) is 70.2 Å². The van der Waals surface area contributed by atoms with Gasteiger partial charge in [0.05, 0.1) is 10.2 Å². The molecule has 0 aromatic heterocycles. The summed E-state index contributed by atoms with van der Waals surface area (Å²) in [6, 6.07) is 35.2. The first kappa shape index (κ1) is 27.1. The van der Waals surface area contributed by atoms with Crippen LogP contribution < -0.4 is 15.4 Å². The average molecular weight is 594 g/mol. The van der Waals surface area contributed by atoms with Crippen molar-refractivity contribution in [1.29, 1.82) is 0 Å². The summed E-state index contributed by atoms with van der Waals surface area (Å²) in [7, 11) is 0. The minimum Gasteiger partial charge on any atom is -0.372 e. The van der Waals surface area contributed by atoms with E-state index in [1.807, 2.05) is 60.7 Å². The molecule has 2 amide bonds. The van der Waals surface area contributed by atoms with Crippen molar-refractivity contribution in [1.82, 2.24) is 10.0 Å². The zero-order chi connectivity index (χ0) is 28.7. The maximum atomic E-state index is 14.6. The van der Waals surface area contributed by atoms with Gasteiger partial charge in [-0.2, -0.15) is 0 Å². The van der Waals surface area contributed by atoms with Gasteiger partial charge in [-0.15, -0.1) is 0 Å². The molecule has 1 saturated heterocycles. The SMILES string of the molecule is O=C1NSC2(CCC(c3ccccc3)CC2)C1NC(=O)C1Nc2ccc(Cl)cc2C1(c1ccccc1)c1ccccc1. The molecule has 3 N–H and O–H groups in total. The first-order chi connectivity index (χ1) is 20.5.